The zero-order chi connectivity index (χ0) is 19.0. The van der Waals surface area contributed by atoms with E-state index in [2.05, 4.69) is 27.6 Å². The molecule has 27 heavy (non-hydrogen) atoms. The molecule has 1 aliphatic heterocycles. The van der Waals surface area contributed by atoms with Crippen LogP contribution in [-0.4, -0.2) is 36.1 Å². The fraction of sp³-hybridized carbons (Fsp3) is 0.450. The Hall–Kier alpha value is -2.83. The molecule has 1 aromatic heterocycles. The summed E-state index contributed by atoms with van der Waals surface area (Å²) >= 11 is 0. The first kappa shape index (κ1) is 17.6. The minimum Gasteiger partial charge on any atom is -0.369 e. The topological polar surface area (TPSA) is 87.5 Å². The van der Waals surface area contributed by atoms with Gasteiger partial charge in [0.05, 0.1) is 6.04 Å². The van der Waals surface area contributed by atoms with Crippen molar-refractivity contribution in [2.24, 2.45) is 5.92 Å². The maximum absolute atomic E-state index is 12.5. The van der Waals surface area contributed by atoms with Gasteiger partial charge in [-0.3, -0.25) is 9.59 Å². The molecule has 2 N–H and O–H groups in total. The number of hydrogen-bond donors (Lipinski definition) is 2. The number of nitrogens with one attached hydrogen (secondary N) is 2. The van der Waals surface area contributed by atoms with Crippen molar-refractivity contribution < 1.29 is 14.1 Å². The Morgan fingerprint density at radius 3 is 2.78 bits per heavy atom. The number of carbonyl (C=O) groups is 2. The molecule has 0 radical (unpaired) electrons. The molecule has 7 nitrogen and oxygen atoms in total. The lowest BCUT2D eigenvalue weighted by molar-refractivity contribution is -0.114. The van der Waals surface area contributed by atoms with Gasteiger partial charge in [-0.1, -0.05) is 18.1 Å². The van der Waals surface area contributed by atoms with E-state index in [9.17, 15) is 9.59 Å². The quantitative estimate of drug-likeness (QED) is 0.847. The third-order valence-electron chi connectivity index (χ3n) is 5.20. The summed E-state index contributed by atoms with van der Waals surface area (Å²) in [6, 6.07) is 9.56. The zero-order valence-corrected chi connectivity index (χ0v) is 15.6. The first-order chi connectivity index (χ1) is 13.0. The lowest BCUT2D eigenvalue weighted by Crippen LogP contribution is -2.40. The number of benzene rings is 1. The Labute approximate surface area is 158 Å². The van der Waals surface area contributed by atoms with Crippen LogP contribution in [0.1, 0.15) is 48.9 Å². The minimum atomic E-state index is -0.184. The van der Waals surface area contributed by atoms with Crippen molar-refractivity contribution in [2.75, 3.05) is 23.3 Å². The van der Waals surface area contributed by atoms with Gasteiger partial charge in [0.2, 0.25) is 5.91 Å². The molecule has 0 spiro atoms. The first-order valence-electron chi connectivity index (χ1n) is 9.39. The molecule has 1 saturated carbocycles. The predicted molar refractivity (Wildman–Crippen MR) is 102 cm³/mol. The summed E-state index contributed by atoms with van der Waals surface area (Å²) in [5.74, 6) is 1.28. The van der Waals surface area contributed by atoms with E-state index < -0.39 is 0 Å². The highest BCUT2D eigenvalue weighted by molar-refractivity contribution is 5.92. The lowest BCUT2D eigenvalue weighted by atomic mass is 10.1. The Morgan fingerprint density at radius 2 is 2.04 bits per heavy atom. The average molecular weight is 368 g/mol. The van der Waals surface area contributed by atoms with E-state index in [1.54, 1.807) is 6.07 Å². The molecule has 2 aromatic rings. The van der Waals surface area contributed by atoms with Crippen molar-refractivity contribution in [3.05, 3.63) is 41.8 Å². The molecule has 1 saturated heterocycles. The van der Waals surface area contributed by atoms with Crippen LogP contribution in [0.3, 0.4) is 0 Å². The number of hydrogen-bond acceptors (Lipinski definition) is 5. The molecule has 7 heteroatoms. The molecule has 142 valence electrons. The molecule has 2 fully saturated rings. The Balaban J connectivity index is 1.40. The van der Waals surface area contributed by atoms with Crippen molar-refractivity contribution in [1.29, 1.82) is 0 Å². The molecule has 1 aromatic carbocycles. The summed E-state index contributed by atoms with van der Waals surface area (Å²) in [5.41, 5.74) is 2.16. The van der Waals surface area contributed by atoms with E-state index in [1.807, 2.05) is 24.3 Å². The van der Waals surface area contributed by atoms with Gasteiger partial charge >= 0.3 is 0 Å². The molecule has 1 aliphatic carbocycles. The summed E-state index contributed by atoms with van der Waals surface area (Å²) in [5, 5.41) is 9.82. The minimum absolute atomic E-state index is 0.0306. The van der Waals surface area contributed by atoms with E-state index in [1.165, 1.54) is 6.92 Å². The molecular formula is C20H24N4O3. The van der Waals surface area contributed by atoms with Gasteiger partial charge in [0.15, 0.2) is 5.69 Å². The Kier molecular flexibility index (Phi) is 4.59. The van der Waals surface area contributed by atoms with Gasteiger partial charge in [-0.2, -0.15) is 0 Å². The van der Waals surface area contributed by atoms with Crippen LogP contribution < -0.4 is 15.5 Å². The third-order valence-corrected chi connectivity index (χ3v) is 5.20. The van der Waals surface area contributed by atoms with Gasteiger partial charge in [0, 0.05) is 43.4 Å². The van der Waals surface area contributed by atoms with Crippen LogP contribution in [0, 0.1) is 5.92 Å². The molecular weight excluding hydrogens is 344 g/mol. The number of nitrogens with zero attached hydrogens (tertiary/aromatic N) is 2. The van der Waals surface area contributed by atoms with E-state index in [-0.39, 0.29) is 17.9 Å². The predicted octanol–water partition coefficient (Wildman–Crippen LogP) is 2.77. The number of carbonyl (C=O) groups excluding carboxylic acids is 2. The van der Waals surface area contributed by atoms with Gasteiger partial charge in [-0.15, -0.1) is 0 Å². The van der Waals surface area contributed by atoms with Crippen LogP contribution in [0.5, 0.6) is 0 Å². The lowest BCUT2D eigenvalue weighted by Gasteiger charge is -2.19. The largest absolute Gasteiger partial charge is 0.369 e. The van der Waals surface area contributed by atoms with Crippen molar-refractivity contribution >= 4 is 23.2 Å². The second-order valence-electron chi connectivity index (χ2n) is 7.58. The van der Waals surface area contributed by atoms with Crippen molar-refractivity contribution in [1.82, 2.24) is 10.5 Å². The summed E-state index contributed by atoms with van der Waals surface area (Å²) in [7, 11) is 0. The monoisotopic (exact) mass is 368 g/mol. The standard InChI is InChI=1S/C20H24N4O3/c1-12-10-24(16-5-3-4-15(8-16)21-13(2)25)11-18(12)22-20(26)17-9-19(27-23-17)14-6-7-14/h3-5,8-9,12,14,18H,6-7,10-11H2,1-2H3,(H,21,25)(H,22,26)/t12-,18+/m1/s1. The zero-order valence-electron chi connectivity index (χ0n) is 15.6. The molecule has 2 atom stereocenters. The number of aromatic nitrogens is 1. The highest BCUT2D eigenvalue weighted by Crippen LogP contribution is 2.40. The van der Waals surface area contributed by atoms with Gasteiger partial charge in [0.25, 0.3) is 5.91 Å². The second-order valence-corrected chi connectivity index (χ2v) is 7.58. The molecule has 0 bridgehead atoms. The summed E-state index contributed by atoms with van der Waals surface area (Å²) in [4.78, 5) is 26.0. The highest BCUT2D eigenvalue weighted by atomic mass is 16.5. The van der Waals surface area contributed by atoms with E-state index >= 15 is 0 Å². The van der Waals surface area contributed by atoms with Crippen LogP contribution in [0.4, 0.5) is 11.4 Å². The van der Waals surface area contributed by atoms with Crippen LogP contribution in [-0.2, 0) is 4.79 Å². The maximum Gasteiger partial charge on any atom is 0.273 e. The van der Waals surface area contributed by atoms with Crippen molar-refractivity contribution in [2.45, 2.75) is 38.6 Å². The Bertz CT molecular complexity index is 858. The maximum atomic E-state index is 12.5. The number of rotatable bonds is 5. The summed E-state index contributed by atoms with van der Waals surface area (Å²) in [6.45, 7) is 5.17. The van der Waals surface area contributed by atoms with Crippen LogP contribution >= 0.6 is 0 Å². The molecule has 0 unspecified atom stereocenters. The molecule has 4 rings (SSSR count). The normalized spacial score (nSPS) is 21.9. The van der Waals surface area contributed by atoms with Crippen LogP contribution in [0.15, 0.2) is 34.9 Å². The van der Waals surface area contributed by atoms with Crippen molar-refractivity contribution in [3.8, 4) is 0 Å². The van der Waals surface area contributed by atoms with Crippen LogP contribution in [0.2, 0.25) is 0 Å². The smallest absolute Gasteiger partial charge is 0.273 e. The number of amides is 2. The number of anilines is 2. The SMILES string of the molecule is CC(=O)Nc1cccc(N2C[C@@H](C)[C@@H](NC(=O)c3cc(C4CC4)on3)C2)c1. The average Bonchev–Trinajstić information content (AvgIpc) is 3.24. The summed E-state index contributed by atoms with van der Waals surface area (Å²) in [6.07, 6.45) is 2.23. The fourth-order valence-electron chi connectivity index (χ4n) is 3.55. The fourth-order valence-corrected chi connectivity index (χ4v) is 3.55. The molecule has 2 heterocycles. The van der Waals surface area contributed by atoms with Gasteiger partial charge < -0.3 is 20.1 Å². The van der Waals surface area contributed by atoms with E-state index in [0.29, 0.717) is 24.1 Å². The highest BCUT2D eigenvalue weighted by Gasteiger charge is 2.33. The molecule has 2 aliphatic rings. The van der Waals surface area contributed by atoms with E-state index in [4.69, 9.17) is 4.52 Å². The second kappa shape index (κ2) is 7.06. The van der Waals surface area contributed by atoms with Crippen LogP contribution in [0.25, 0.3) is 0 Å². The molecule has 2 amide bonds. The Morgan fingerprint density at radius 1 is 1.22 bits per heavy atom. The third kappa shape index (κ3) is 3.97. The summed E-state index contributed by atoms with van der Waals surface area (Å²) < 4.78 is 5.28. The van der Waals surface area contributed by atoms with Gasteiger partial charge in [-0.25, -0.2) is 0 Å². The van der Waals surface area contributed by atoms with Gasteiger partial charge in [-0.05, 0) is 37.0 Å². The van der Waals surface area contributed by atoms with E-state index in [0.717, 1.165) is 36.5 Å². The van der Waals surface area contributed by atoms with Gasteiger partial charge in [0.1, 0.15) is 5.76 Å². The van der Waals surface area contributed by atoms with Crippen molar-refractivity contribution in [3.63, 3.8) is 0 Å². The first-order valence-corrected chi connectivity index (χ1v) is 9.39.